The maximum absolute atomic E-state index is 4.79. The topological polar surface area (TPSA) is 39.7 Å². The summed E-state index contributed by atoms with van der Waals surface area (Å²) in [6, 6.07) is 0.581. The summed E-state index contributed by atoms with van der Waals surface area (Å²) >= 11 is 0. The number of halogens is 1. The van der Waals surface area contributed by atoms with Gasteiger partial charge in [-0.3, -0.25) is 4.99 Å². The lowest BCUT2D eigenvalue weighted by Gasteiger charge is -2.32. The fourth-order valence-electron chi connectivity index (χ4n) is 2.90. The van der Waals surface area contributed by atoms with Crippen LogP contribution in [0.4, 0.5) is 0 Å². The molecule has 0 unspecified atom stereocenters. The van der Waals surface area contributed by atoms with Crippen molar-refractivity contribution in [3.05, 3.63) is 0 Å². The Morgan fingerprint density at radius 1 is 1.14 bits per heavy atom. The molecule has 1 aliphatic heterocycles. The summed E-state index contributed by atoms with van der Waals surface area (Å²) in [4.78, 5) is 7.36. The molecule has 0 bridgehead atoms. The quantitative estimate of drug-likeness (QED) is 0.356. The average molecular weight is 424 g/mol. The van der Waals surface area contributed by atoms with Gasteiger partial charge in [0.15, 0.2) is 5.96 Å². The third kappa shape index (κ3) is 8.56. The van der Waals surface area contributed by atoms with Gasteiger partial charge in [0.1, 0.15) is 0 Å². The Kier molecular flexibility index (Phi) is 13.4. The van der Waals surface area contributed by atoms with Crippen LogP contribution >= 0.6 is 24.0 Å². The molecule has 0 aromatic rings. The number of hydrogen-bond acceptors (Lipinski definition) is 2. The molecule has 4 nitrogen and oxygen atoms in total. The Bertz CT molecular complexity index is 284. The van der Waals surface area contributed by atoms with Gasteiger partial charge >= 0.3 is 0 Å². The van der Waals surface area contributed by atoms with Crippen molar-refractivity contribution in [3.63, 3.8) is 0 Å². The van der Waals surface area contributed by atoms with Gasteiger partial charge in [0.2, 0.25) is 0 Å². The molecular formula is C17H37IN4. The number of nitrogens with zero attached hydrogens (tertiary/aromatic N) is 2. The molecule has 1 rings (SSSR count). The Hall–Kier alpha value is -0.0400. The van der Waals surface area contributed by atoms with Crippen LogP contribution < -0.4 is 10.6 Å². The summed E-state index contributed by atoms with van der Waals surface area (Å²) in [6.07, 6.45) is 6.16. The molecule has 0 radical (unpaired) electrons. The first kappa shape index (κ1) is 22.0. The van der Waals surface area contributed by atoms with Crippen molar-refractivity contribution >= 4 is 29.9 Å². The number of rotatable bonds is 8. The lowest BCUT2D eigenvalue weighted by atomic mass is 10.0. The third-order valence-corrected chi connectivity index (χ3v) is 4.47. The number of nitrogens with one attached hydrogen (secondary N) is 2. The summed E-state index contributed by atoms with van der Waals surface area (Å²) in [5.74, 6) is 1.73. The van der Waals surface area contributed by atoms with Gasteiger partial charge in [-0.25, -0.2) is 0 Å². The maximum atomic E-state index is 4.79. The molecule has 0 atom stereocenters. The smallest absolute Gasteiger partial charge is 0.191 e. The monoisotopic (exact) mass is 424 g/mol. The van der Waals surface area contributed by atoms with E-state index in [4.69, 9.17) is 4.99 Å². The molecule has 22 heavy (non-hydrogen) atoms. The van der Waals surface area contributed by atoms with Gasteiger partial charge in [-0.2, -0.15) is 0 Å². The molecular weight excluding hydrogens is 387 g/mol. The molecule has 5 heteroatoms. The van der Waals surface area contributed by atoms with Crippen LogP contribution in [0.3, 0.4) is 0 Å². The molecule has 0 saturated carbocycles. The number of guanidine groups is 1. The first-order valence-corrected chi connectivity index (χ1v) is 9.00. The molecule has 1 fully saturated rings. The molecule has 1 heterocycles. The van der Waals surface area contributed by atoms with Gasteiger partial charge in [0.25, 0.3) is 0 Å². The third-order valence-electron chi connectivity index (χ3n) is 4.47. The highest BCUT2D eigenvalue weighted by Gasteiger charge is 2.19. The minimum absolute atomic E-state index is 0. The van der Waals surface area contributed by atoms with Gasteiger partial charge in [0.05, 0.1) is 0 Å². The van der Waals surface area contributed by atoms with E-state index in [0.29, 0.717) is 12.0 Å². The zero-order chi connectivity index (χ0) is 15.5. The zero-order valence-corrected chi connectivity index (χ0v) is 17.4. The van der Waals surface area contributed by atoms with E-state index < -0.39 is 0 Å². The van der Waals surface area contributed by atoms with Crippen LogP contribution in [0.2, 0.25) is 0 Å². The molecule has 0 amide bonds. The Morgan fingerprint density at radius 3 is 2.27 bits per heavy atom. The Morgan fingerprint density at radius 2 is 1.77 bits per heavy atom. The van der Waals surface area contributed by atoms with Gasteiger partial charge < -0.3 is 15.5 Å². The summed E-state index contributed by atoms with van der Waals surface area (Å²) in [6.45, 7) is 14.5. The fraction of sp³-hybridized carbons (Fsp3) is 0.941. The van der Waals surface area contributed by atoms with Crippen LogP contribution in [0, 0.1) is 5.92 Å². The van der Waals surface area contributed by atoms with Crippen LogP contribution in [0.1, 0.15) is 59.8 Å². The van der Waals surface area contributed by atoms with E-state index in [1.165, 1.54) is 51.7 Å². The standard InChI is InChI=1S/C17H36N4.HI/c1-5-11-21-12-9-16(10-13-21)20-17(18-8-4)19-14-15(6-2)7-3;/h15-16H,5-14H2,1-4H3,(H2,18,19,20);1H. The second-order valence-electron chi connectivity index (χ2n) is 6.16. The van der Waals surface area contributed by atoms with Crippen molar-refractivity contribution in [1.29, 1.82) is 0 Å². The molecule has 0 aromatic carbocycles. The van der Waals surface area contributed by atoms with Gasteiger partial charge in [-0.1, -0.05) is 33.6 Å². The Labute approximate surface area is 154 Å². The average Bonchev–Trinajstić information content (AvgIpc) is 2.50. The normalized spacial score (nSPS) is 17.4. The van der Waals surface area contributed by atoms with E-state index in [-0.39, 0.29) is 24.0 Å². The molecule has 1 saturated heterocycles. The van der Waals surface area contributed by atoms with Crippen LogP contribution in [-0.2, 0) is 0 Å². The maximum Gasteiger partial charge on any atom is 0.191 e. The zero-order valence-electron chi connectivity index (χ0n) is 15.0. The summed E-state index contributed by atoms with van der Waals surface area (Å²) in [5, 5.41) is 7.03. The number of aliphatic imine (C=N–C) groups is 1. The van der Waals surface area contributed by atoms with E-state index in [1.807, 2.05) is 0 Å². The summed E-state index contributed by atoms with van der Waals surface area (Å²) < 4.78 is 0. The number of piperidine rings is 1. The lowest BCUT2D eigenvalue weighted by Crippen LogP contribution is -2.48. The van der Waals surface area contributed by atoms with Crippen molar-refractivity contribution in [2.45, 2.75) is 65.8 Å². The van der Waals surface area contributed by atoms with Gasteiger partial charge in [-0.15, -0.1) is 24.0 Å². The number of likely N-dealkylation sites (tertiary alicyclic amines) is 1. The lowest BCUT2D eigenvalue weighted by molar-refractivity contribution is 0.206. The van der Waals surface area contributed by atoms with Crippen molar-refractivity contribution in [3.8, 4) is 0 Å². The minimum Gasteiger partial charge on any atom is -0.357 e. The molecule has 2 N–H and O–H groups in total. The van der Waals surface area contributed by atoms with Gasteiger partial charge in [-0.05, 0) is 38.6 Å². The molecule has 0 aromatic heterocycles. The minimum atomic E-state index is 0. The highest BCUT2D eigenvalue weighted by atomic mass is 127. The van der Waals surface area contributed by atoms with E-state index in [1.54, 1.807) is 0 Å². The van der Waals surface area contributed by atoms with Gasteiger partial charge in [0, 0.05) is 32.2 Å². The summed E-state index contributed by atoms with van der Waals surface area (Å²) in [5.41, 5.74) is 0. The van der Waals surface area contributed by atoms with Crippen molar-refractivity contribution in [2.24, 2.45) is 10.9 Å². The second-order valence-corrected chi connectivity index (χ2v) is 6.16. The van der Waals surface area contributed by atoms with Crippen LogP contribution in [0.15, 0.2) is 4.99 Å². The first-order valence-electron chi connectivity index (χ1n) is 9.00. The van der Waals surface area contributed by atoms with Crippen LogP contribution in [0.25, 0.3) is 0 Å². The van der Waals surface area contributed by atoms with Crippen molar-refractivity contribution in [1.82, 2.24) is 15.5 Å². The Balaban J connectivity index is 0.00000441. The van der Waals surface area contributed by atoms with E-state index >= 15 is 0 Å². The van der Waals surface area contributed by atoms with E-state index in [0.717, 1.165) is 19.0 Å². The van der Waals surface area contributed by atoms with Crippen molar-refractivity contribution < 1.29 is 0 Å². The predicted octanol–water partition coefficient (Wildman–Crippen LogP) is 3.47. The number of hydrogen-bond donors (Lipinski definition) is 2. The predicted molar refractivity (Wildman–Crippen MR) is 108 cm³/mol. The second kappa shape index (κ2) is 13.4. The van der Waals surface area contributed by atoms with E-state index in [2.05, 4.69) is 43.2 Å². The van der Waals surface area contributed by atoms with Crippen LogP contribution in [-0.4, -0.2) is 49.6 Å². The molecule has 0 aliphatic carbocycles. The molecule has 132 valence electrons. The van der Waals surface area contributed by atoms with Crippen molar-refractivity contribution in [2.75, 3.05) is 32.7 Å². The highest BCUT2D eigenvalue weighted by molar-refractivity contribution is 14.0. The SMILES string of the molecule is CCCN1CCC(NC(=NCC(CC)CC)NCC)CC1.I. The summed E-state index contributed by atoms with van der Waals surface area (Å²) in [7, 11) is 0. The molecule has 0 spiro atoms. The highest BCUT2D eigenvalue weighted by Crippen LogP contribution is 2.11. The first-order chi connectivity index (χ1) is 10.2. The molecule has 1 aliphatic rings. The van der Waals surface area contributed by atoms with E-state index in [9.17, 15) is 0 Å². The van der Waals surface area contributed by atoms with Crippen LogP contribution in [0.5, 0.6) is 0 Å². The largest absolute Gasteiger partial charge is 0.357 e. The fourth-order valence-corrected chi connectivity index (χ4v) is 2.90.